The summed E-state index contributed by atoms with van der Waals surface area (Å²) in [5.41, 5.74) is 9.35. The lowest BCUT2D eigenvalue weighted by molar-refractivity contribution is 0.404. The van der Waals surface area contributed by atoms with Crippen molar-refractivity contribution in [1.82, 2.24) is 9.78 Å². The highest BCUT2D eigenvalue weighted by molar-refractivity contribution is 5.42. The van der Waals surface area contributed by atoms with E-state index in [9.17, 15) is 0 Å². The first-order valence-corrected chi connectivity index (χ1v) is 6.62. The smallest absolute Gasteiger partial charge is 0.161 e. The molecular weight excluding hydrogens is 254 g/mol. The zero-order valence-corrected chi connectivity index (χ0v) is 12.4. The molecule has 2 N–H and O–H groups in total. The second kappa shape index (κ2) is 5.96. The number of aryl methyl sites for hydroxylation is 2. The van der Waals surface area contributed by atoms with Crippen LogP contribution in [0.5, 0.6) is 11.5 Å². The average molecular weight is 275 g/mol. The molecule has 2 aromatic rings. The van der Waals surface area contributed by atoms with Crippen molar-refractivity contribution < 1.29 is 9.47 Å². The van der Waals surface area contributed by atoms with E-state index < -0.39 is 0 Å². The fourth-order valence-corrected chi connectivity index (χ4v) is 2.35. The van der Waals surface area contributed by atoms with Gasteiger partial charge < -0.3 is 15.2 Å². The van der Waals surface area contributed by atoms with Crippen molar-refractivity contribution in [3.63, 3.8) is 0 Å². The van der Waals surface area contributed by atoms with E-state index in [1.54, 1.807) is 20.4 Å². The van der Waals surface area contributed by atoms with Crippen LogP contribution in [-0.2, 0) is 6.54 Å². The minimum absolute atomic E-state index is 0.281. The van der Waals surface area contributed by atoms with Gasteiger partial charge in [0.05, 0.1) is 26.5 Å². The van der Waals surface area contributed by atoms with Gasteiger partial charge in [-0.15, -0.1) is 0 Å². The van der Waals surface area contributed by atoms with Gasteiger partial charge in [0.1, 0.15) is 11.4 Å². The van der Waals surface area contributed by atoms with E-state index in [0.29, 0.717) is 5.75 Å². The van der Waals surface area contributed by atoms with Crippen molar-refractivity contribution in [1.29, 1.82) is 0 Å². The van der Waals surface area contributed by atoms with Gasteiger partial charge in [0.15, 0.2) is 5.75 Å². The van der Waals surface area contributed by atoms with E-state index in [-0.39, 0.29) is 6.04 Å². The summed E-state index contributed by atoms with van der Waals surface area (Å²) in [6.45, 7) is 4.78. The highest BCUT2D eigenvalue weighted by Gasteiger charge is 2.20. The van der Waals surface area contributed by atoms with Gasteiger partial charge in [-0.05, 0) is 31.0 Å². The van der Waals surface area contributed by atoms with E-state index in [1.807, 2.05) is 36.7 Å². The predicted molar refractivity (Wildman–Crippen MR) is 78.2 cm³/mol. The molecule has 0 aliphatic heterocycles. The molecule has 2 rings (SSSR count). The molecule has 1 atom stereocenters. The number of hydrogen-bond donors (Lipinski definition) is 1. The third-order valence-electron chi connectivity index (χ3n) is 3.44. The molecule has 0 saturated heterocycles. The molecule has 20 heavy (non-hydrogen) atoms. The van der Waals surface area contributed by atoms with E-state index in [4.69, 9.17) is 15.2 Å². The Hall–Kier alpha value is -2.01. The van der Waals surface area contributed by atoms with Crippen molar-refractivity contribution in [3.05, 3.63) is 41.2 Å². The number of nitrogens with zero attached hydrogens (tertiary/aromatic N) is 2. The van der Waals surface area contributed by atoms with Crippen LogP contribution in [0.1, 0.15) is 29.8 Å². The van der Waals surface area contributed by atoms with E-state index >= 15 is 0 Å². The van der Waals surface area contributed by atoms with Gasteiger partial charge in [0.2, 0.25) is 0 Å². The number of methoxy groups -OCH3 is 2. The Morgan fingerprint density at radius 2 is 1.95 bits per heavy atom. The van der Waals surface area contributed by atoms with E-state index in [0.717, 1.165) is 29.1 Å². The molecule has 1 unspecified atom stereocenters. The van der Waals surface area contributed by atoms with Crippen molar-refractivity contribution in [3.8, 4) is 11.5 Å². The van der Waals surface area contributed by atoms with E-state index in [1.165, 1.54) is 0 Å². The Kier molecular flexibility index (Phi) is 4.29. The summed E-state index contributed by atoms with van der Waals surface area (Å²) in [6, 6.07) is 5.67. The normalized spacial score (nSPS) is 12.2. The lowest BCUT2D eigenvalue weighted by atomic mass is 10.0. The Morgan fingerprint density at radius 1 is 1.25 bits per heavy atom. The quantitative estimate of drug-likeness (QED) is 0.909. The molecule has 0 bridgehead atoms. The summed E-state index contributed by atoms with van der Waals surface area (Å²) in [4.78, 5) is 0. The van der Waals surface area contributed by atoms with Crippen LogP contribution < -0.4 is 15.2 Å². The number of aromatic nitrogens is 2. The zero-order valence-electron chi connectivity index (χ0n) is 12.4. The van der Waals surface area contributed by atoms with Crippen molar-refractivity contribution in [2.45, 2.75) is 26.4 Å². The SMILES string of the molecule is CCn1ncc(OC)c1C(N)c1ccc(OC)c(C)c1. The second-order valence-corrected chi connectivity index (χ2v) is 4.62. The van der Waals surface area contributed by atoms with Gasteiger partial charge >= 0.3 is 0 Å². The largest absolute Gasteiger partial charge is 0.496 e. The third kappa shape index (κ3) is 2.49. The predicted octanol–water partition coefficient (Wildman–Crippen LogP) is 2.28. The van der Waals surface area contributed by atoms with Gasteiger partial charge in [-0.1, -0.05) is 12.1 Å². The first-order chi connectivity index (χ1) is 9.62. The molecule has 1 heterocycles. The van der Waals surface area contributed by atoms with Crippen LogP contribution in [0.15, 0.2) is 24.4 Å². The van der Waals surface area contributed by atoms with Crippen molar-refractivity contribution >= 4 is 0 Å². The molecule has 108 valence electrons. The Morgan fingerprint density at radius 3 is 2.50 bits per heavy atom. The Balaban J connectivity index is 2.43. The highest BCUT2D eigenvalue weighted by Crippen LogP contribution is 2.30. The lowest BCUT2D eigenvalue weighted by Gasteiger charge is -2.17. The molecule has 1 aromatic carbocycles. The molecule has 0 radical (unpaired) electrons. The highest BCUT2D eigenvalue weighted by atomic mass is 16.5. The van der Waals surface area contributed by atoms with Gasteiger partial charge in [-0.25, -0.2) is 0 Å². The lowest BCUT2D eigenvalue weighted by Crippen LogP contribution is -2.18. The van der Waals surface area contributed by atoms with Crippen LogP contribution in [0, 0.1) is 6.92 Å². The monoisotopic (exact) mass is 275 g/mol. The molecule has 0 amide bonds. The van der Waals surface area contributed by atoms with Crippen LogP contribution in [-0.4, -0.2) is 24.0 Å². The van der Waals surface area contributed by atoms with Gasteiger partial charge in [-0.2, -0.15) is 5.10 Å². The zero-order chi connectivity index (χ0) is 14.7. The number of nitrogens with two attached hydrogens (primary N) is 1. The molecule has 5 heteroatoms. The van der Waals surface area contributed by atoms with Crippen molar-refractivity contribution in [2.75, 3.05) is 14.2 Å². The maximum Gasteiger partial charge on any atom is 0.161 e. The maximum atomic E-state index is 6.39. The van der Waals surface area contributed by atoms with Crippen LogP contribution >= 0.6 is 0 Å². The Labute approximate surface area is 119 Å². The summed E-state index contributed by atoms with van der Waals surface area (Å²) >= 11 is 0. The molecular formula is C15H21N3O2. The van der Waals surface area contributed by atoms with Gasteiger partial charge in [-0.3, -0.25) is 4.68 Å². The summed E-state index contributed by atoms with van der Waals surface area (Å²) in [5.74, 6) is 1.57. The van der Waals surface area contributed by atoms with Gasteiger partial charge in [0, 0.05) is 6.54 Å². The number of rotatable bonds is 5. The number of ether oxygens (including phenoxy) is 2. The first kappa shape index (κ1) is 14.4. The minimum atomic E-state index is -0.281. The summed E-state index contributed by atoms with van der Waals surface area (Å²) in [5, 5.41) is 4.30. The molecule has 0 saturated carbocycles. The first-order valence-electron chi connectivity index (χ1n) is 6.62. The fourth-order valence-electron chi connectivity index (χ4n) is 2.35. The third-order valence-corrected chi connectivity index (χ3v) is 3.44. The van der Waals surface area contributed by atoms with E-state index in [2.05, 4.69) is 5.10 Å². The van der Waals surface area contributed by atoms with Crippen LogP contribution in [0.4, 0.5) is 0 Å². The molecule has 0 spiro atoms. The van der Waals surface area contributed by atoms with Crippen LogP contribution in [0.2, 0.25) is 0 Å². The summed E-state index contributed by atoms with van der Waals surface area (Å²) in [7, 11) is 3.30. The minimum Gasteiger partial charge on any atom is -0.496 e. The van der Waals surface area contributed by atoms with Crippen LogP contribution in [0.3, 0.4) is 0 Å². The number of benzene rings is 1. The van der Waals surface area contributed by atoms with Crippen LogP contribution in [0.25, 0.3) is 0 Å². The molecule has 0 aliphatic rings. The average Bonchev–Trinajstić information content (AvgIpc) is 2.89. The van der Waals surface area contributed by atoms with Gasteiger partial charge in [0.25, 0.3) is 0 Å². The maximum absolute atomic E-state index is 6.39. The molecule has 5 nitrogen and oxygen atoms in total. The Bertz CT molecular complexity index is 571. The second-order valence-electron chi connectivity index (χ2n) is 4.62. The standard InChI is InChI=1S/C15H21N3O2/c1-5-18-15(13(20-4)9-17-18)14(16)11-6-7-12(19-3)10(2)8-11/h6-9,14H,5,16H2,1-4H3. The topological polar surface area (TPSA) is 62.3 Å². The number of hydrogen-bond acceptors (Lipinski definition) is 4. The molecule has 0 aliphatic carbocycles. The molecule has 0 fully saturated rings. The van der Waals surface area contributed by atoms with Crippen molar-refractivity contribution in [2.24, 2.45) is 5.73 Å². The fraction of sp³-hybridized carbons (Fsp3) is 0.400. The molecule has 1 aromatic heterocycles. The summed E-state index contributed by atoms with van der Waals surface area (Å²) in [6.07, 6.45) is 1.70. The summed E-state index contributed by atoms with van der Waals surface area (Å²) < 4.78 is 12.5.